The van der Waals surface area contributed by atoms with Gasteiger partial charge in [-0.15, -0.1) is 0 Å². The molecule has 8 heteroatoms. The summed E-state index contributed by atoms with van der Waals surface area (Å²) >= 11 is 0. The van der Waals surface area contributed by atoms with E-state index >= 15 is 0 Å². The van der Waals surface area contributed by atoms with E-state index < -0.39 is 18.6 Å². The Labute approximate surface area is 159 Å². The average molecular weight is 390 g/mol. The first-order chi connectivity index (χ1) is 13.3. The Morgan fingerprint density at radius 1 is 1.04 bits per heavy atom. The summed E-state index contributed by atoms with van der Waals surface area (Å²) in [6.07, 6.45) is -4.50. The van der Waals surface area contributed by atoms with Crippen molar-refractivity contribution in [3.05, 3.63) is 54.1 Å². The second-order valence-corrected chi connectivity index (χ2v) is 5.94. The molecule has 0 unspecified atom stereocenters. The molecule has 28 heavy (non-hydrogen) atoms. The fourth-order valence-electron chi connectivity index (χ4n) is 2.78. The first-order valence-corrected chi connectivity index (χ1v) is 8.29. The van der Waals surface area contributed by atoms with Crippen LogP contribution in [0.25, 0.3) is 22.2 Å². The van der Waals surface area contributed by atoms with Crippen molar-refractivity contribution < 1.29 is 27.4 Å². The highest BCUT2D eigenvalue weighted by atomic mass is 19.4. The van der Waals surface area contributed by atoms with Gasteiger partial charge in [0, 0.05) is 10.9 Å². The van der Waals surface area contributed by atoms with Gasteiger partial charge in [0.1, 0.15) is 6.54 Å². The monoisotopic (exact) mass is 390 g/mol. The number of carbonyl (C=O) groups is 1. The third-order valence-electron chi connectivity index (χ3n) is 4.09. The van der Waals surface area contributed by atoms with Gasteiger partial charge < -0.3 is 14.8 Å². The lowest BCUT2D eigenvalue weighted by molar-refractivity contribution is -0.123. The molecule has 0 fully saturated rings. The SMILES string of the molecule is COc1ccc(-c2cc(C(=O)NCC(F)(F)F)c3ccccc3n2)cc1OC. The Morgan fingerprint density at radius 2 is 1.75 bits per heavy atom. The third kappa shape index (κ3) is 4.16. The third-order valence-corrected chi connectivity index (χ3v) is 4.09. The number of fused-ring (bicyclic) bond motifs is 1. The standard InChI is InChI=1S/C20H17F3N2O3/c1-27-17-8-7-12(9-18(17)28-2)16-10-14(19(26)24-11-20(21,22)23)13-5-3-4-6-15(13)25-16/h3-10H,11H2,1-2H3,(H,24,26). The first-order valence-electron chi connectivity index (χ1n) is 8.29. The Hall–Kier alpha value is -3.29. The molecular formula is C20H17F3N2O3. The van der Waals surface area contributed by atoms with Crippen LogP contribution in [0, 0.1) is 0 Å². The van der Waals surface area contributed by atoms with E-state index in [0.29, 0.717) is 33.7 Å². The Morgan fingerprint density at radius 3 is 2.43 bits per heavy atom. The Kier molecular flexibility index (Phi) is 5.39. The van der Waals surface area contributed by atoms with Crippen LogP contribution in [0.4, 0.5) is 13.2 Å². The van der Waals surface area contributed by atoms with Crippen molar-refractivity contribution in [3.8, 4) is 22.8 Å². The molecule has 0 saturated heterocycles. The molecule has 0 atom stereocenters. The van der Waals surface area contributed by atoms with Gasteiger partial charge in [-0.25, -0.2) is 4.98 Å². The van der Waals surface area contributed by atoms with E-state index in [1.807, 2.05) is 5.32 Å². The number of nitrogens with one attached hydrogen (secondary N) is 1. The van der Waals surface area contributed by atoms with Crippen LogP contribution in [-0.4, -0.2) is 37.8 Å². The van der Waals surface area contributed by atoms with Crippen LogP contribution in [0.3, 0.4) is 0 Å². The molecule has 0 aliphatic heterocycles. The van der Waals surface area contributed by atoms with Crippen molar-refractivity contribution in [2.45, 2.75) is 6.18 Å². The molecule has 3 rings (SSSR count). The smallest absolute Gasteiger partial charge is 0.405 e. The number of hydrogen-bond acceptors (Lipinski definition) is 4. The van der Waals surface area contributed by atoms with E-state index in [1.54, 1.807) is 42.5 Å². The summed E-state index contributed by atoms with van der Waals surface area (Å²) in [6.45, 7) is -1.41. The molecule has 0 aliphatic rings. The van der Waals surface area contributed by atoms with Gasteiger partial charge >= 0.3 is 6.18 Å². The first kappa shape index (κ1) is 19.5. The van der Waals surface area contributed by atoms with Gasteiger partial charge in [0.2, 0.25) is 0 Å². The molecule has 2 aromatic carbocycles. The van der Waals surface area contributed by atoms with E-state index in [9.17, 15) is 18.0 Å². The number of nitrogens with zero attached hydrogens (tertiary/aromatic N) is 1. The molecular weight excluding hydrogens is 373 g/mol. The summed E-state index contributed by atoms with van der Waals surface area (Å²) in [4.78, 5) is 17.0. The number of aromatic nitrogens is 1. The lowest BCUT2D eigenvalue weighted by atomic mass is 10.0. The van der Waals surface area contributed by atoms with Crippen LogP contribution in [0.2, 0.25) is 0 Å². The van der Waals surface area contributed by atoms with E-state index in [-0.39, 0.29) is 5.56 Å². The molecule has 3 aromatic rings. The molecule has 0 spiro atoms. The number of amides is 1. The quantitative estimate of drug-likeness (QED) is 0.709. The number of pyridine rings is 1. The summed E-state index contributed by atoms with van der Waals surface area (Å²) in [7, 11) is 3.00. The van der Waals surface area contributed by atoms with Crippen molar-refractivity contribution in [1.29, 1.82) is 0 Å². The van der Waals surface area contributed by atoms with Crippen molar-refractivity contribution in [2.75, 3.05) is 20.8 Å². The number of benzene rings is 2. The van der Waals surface area contributed by atoms with E-state index in [1.165, 1.54) is 20.3 Å². The molecule has 0 saturated carbocycles. The van der Waals surface area contributed by atoms with Crippen LogP contribution in [0.1, 0.15) is 10.4 Å². The number of hydrogen-bond donors (Lipinski definition) is 1. The summed E-state index contributed by atoms with van der Waals surface area (Å²) in [6, 6.07) is 13.3. The van der Waals surface area contributed by atoms with E-state index in [2.05, 4.69) is 4.98 Å². The van der Waals surface area contributed by atoms with Gasteiger partial charge in [0.05, 0.1) is 31.0 Å². The number of carbonyl (C=O) groups excluding carboxylic acids is 1. The normalized spacial score (nSPS) is 11.3. The molecule has 1 heterocycles. The minimum absolute atomic E-state index is 0.111. The predicted octanol–water partition coefficient (Wildman–Crippen LogP) is 4.21. The number of rotatable bonds is 5. The molecule has 1 N–H and O–H groups in total. The molecule has 1 aromatic heterocycles. The van der Waals surface area contributed by atoms with Gasteiger partial charge in [-0.3, -0.25) is 4.79 Å². The predicted molar refractivity (Wildman–Crippen MR) is 98.7 cm³/mol. The minimum Gasteiger partial charge on any atom is -0.493 e. The number of para-hydroxylation sites is 1. The molecule has 1 amide bonds. The molecule has 5 nitrogen and oxygen atoms in total. The maximum atomic E-state index is 12.5. The van der Waals surface area contributed by atoms with Gasteiger partial charge in [-0.2, -0.15) is 13.2 Å². The molecule has 0 radical (unpaired) electrons. The molecule has 146 valence electrons. The van der Waals surface area contributed by atoms with Gasteiger partial charge in [0.15, 0.2) is 11.5 Å². The second kappa shape index (κ2) is 7.75. The molecule has 0 bridgehead atoms. The van der Waals surface area contributed by atoms with E-state index in [0.717, 1.165) is 0 Å². The summed E-state index contributed by atoms with van der Waals surface area (Å²) in [5.41, 5.74) is 1.66. The fraction of sp³-hybridized carbons (Fsp3) is 0.200. The number of alkyl halides is 3. The summed E-state index contributed by atoms with van der Waals surface area (Å²) in [5.74, 6) is 0.172. The van der Waals surface area contributed by atoms with Gasteiger partial charge in [-0.1, -0.05) is 18.2 Å². The number of methoxy groups -OCH3 is 2. The lowest BCUT2D eigenvalue weighted by Crippen LogP contribution is -2.33. The van der Waals surface area contributed by atoms with Crippen LogP contribution in [-0.2, 0) is 0 Å². The van der Waals surface area contributed by atoms with Crippen molar-refractivity contribution >= 4 is 16.8 Å². The highest BCUT2D eigenvalue weighted by molar-refractivity contribution is 6.07. The van der Waals surface area contributed by atoms with Crippen LogP contribution in [0.15, 0.2) is 48.5 Å². The maximum Gasteiger partial charge on any atom is 0.405 e. The maximum absolute atomic E-state index is 12.5. The Balaban J connectivity index is 2.09. The van der Waals surface area contributed by atoms with Crippen LogP contribution < -0.4 is 14.8 Å². The van der Waals surface area contributed by atoms with E-state index in [4.69, 9.17) is 9.47 Å². The van der Waals surface area contributed by atoms with Crippen molar-refractivity contribution in [3.63, 3.8) is 0 Å². The van der Waals surface area contributed by atoms with Gasteiger partial charge in [-0.05, 0) is 30.3 Å². The van der Waals surface area contributed by atoms with Crippen LogP contribution in [0.5, 0.6) is 11.5 Å². The largest absolute Gasteiger partial charge is 0.493 e. The van der Waals surface area contributed by atoms with Crippen molar-refractivity contribution in [1.82, 2.24) is 10.3 Å². The Bertz CT molecular complexity index is 1020. The highest BCUT2D eigenvalue weighted by Crippen LogP contribution is 2.33. The zero-order chi connectivity index (χ0) is 20.3. The highest BCUT2D eigenvalue weighted by Gasteiger charge is 2.28. The molecule has 0 aliphatic carbocycles. The second-order valence-electron chi connectivity index (χ2n) is 5.94. The number of halogens is 3. The summed E-state index contributed by atoms with van der Waals surface area (Å²) in [5, 5.41) is 2.38. The summed E-state index contributed by atoms with van der Waals surface area (Å²) < 4.78 is 48.0. The lowest BCUT2D eigenvalue weighted by Gasteiger charge is -2.13. The minimum atomic E-state index is -4.50. The van der Waals surface area contributed by atoms with Gasteiger partial charge in [0.25, 0.3) is 5.91 Å². The number of ether oxygens (including phenoxy) is 2. The zero-order valence-electron chi connectivity index (χ0n) is 15.1. The van der Waals surface area contributed by atoms with Crippen molar-refractivity contribution in [2.24, 2.45) is 0 Å². The topological polar surface area (TPSA) is 60.5 Å². The zero-order valence-corrected chi connectivity index (χ0v) is 15.1. The van der Waals surface area contributed by atoms with Crippen LogP contribution >= 0.6 is 0 Å². The average Bonchev–Trinajstić information content (AvgIpc) is 2.70. The fourth-order valence-corrected chi connectivity index (χ4v) is 2.78.